The number of benzene rings is 5. The summed E-state index contributed by atoms with van der Waals surface area (Å²) in [5.74, 6) is -1.54. The average molecular weight is 995 g/mol. The van der Waals surface area contributed by atoms with E-state index in [0.29, 0.717) is 59.9 Å². The summed E-state index contributed by atoms with van der Waals surface area (Å²) in [4.78, 5) is 47.5. The van der Waals surface area contributed by atoms with E-state index >= 15 is 4.79 Å². The van der Waals surface area contributed by atoms with Crippen LogP contribution in [0.3, 0.4) is 0 Å². The number of rotatable bonds is 22. The topological polar surface area (TPSA) is 201 Å². The number of hydrogen-bond acceptors (Lipinski definition) is 13. The third-order valence-electron chi connectivity index (χ3n) is 14.1. The number of aliphatic hydroxyl groups excluding tert-OH is 2. The lowest BCUT2D eigenvalue weighted by atomic mass is 9.55. The number of non-ortho nitro benzene ring substituents is 1. The number of unbranched alkanes of at least 4 members (excludes halogenated alkanes) is 2. The predicted molar refractivity (Wildman–Crippen MR) is 278 cm³/mol. The molecular weight excluding hydrogens is 933 g/mol. The maximum atomic E-state index is 15.4. The smallest absolute Gasteiger partial charge is 0.417 e. The summed E-state index contributed by atoms with van der Waals surface area (Å²) in [5, 5.41) is 41.0. The molecule has 2 amide bonds. The van der Waals surface area contributed by atoms with E-state index in [4.69, 9.17) is 33.7 Å². The SMILES string of the molecule is C=CCOC12Oc3ccc(OC(=O)Nc4ccc(OC)cc4OC)cc3C3C(CCCCO)C(CCCCO)C=C(C(=NOC)CC1N(Cc1cccc4ccccc14)C(=O)C=Cc1ccc([N+](=O)[O-])cc1)C32. The van der Waals surface area contributed by atoms with Crippen molar-refractivity contribution < 1.29 is 53.2 Å². The zero-order valence-electron chi connectivity index (χ0n) is 41.3. The van der Waals surface area contributed by atoms with Gasteiger partial charge in [-0.2, -0.15) is 0 Å². The molecule has 0 aromatic heterocycles. The van der Waals surface area contributed by atoms with E-state index in [0.717, 1.165) is 40.3 Å². The molecule has 0 spiro atoms. The van der Waals surface area contributed by atoms with Crippen LogP contribution in [-0.2, 0) is 20.9 Å². The molecule has 1 aliphatic heterocycles. The van der Waals surface area contributed by atoms with Gasteiger partial charge in [0.2, 0.25) is 11.7 Å². The Hall–Kier alpha value is -7.53. The Morgan fingerprint density at radius 2 is 1.67 bits per heavy atom. The van der Waals surface area contributed by atoms with Gasteiger partial charge in [0.1, 0.15) is 36.1 Å². The van der Waals surface area contributed by atoms with Gasteiger partial charge in [-0.1, -0.05) is 72.6 Å². The lowest BCUT2D eigenvalue weighted by Crippen LogP contribution is -2.70. The summed E-state index contributed by atoms with van der Waals surface area (Å²) in [6, 6.07) is 29.3. The Kier molecular flexibility index (Phi) is 16.9. The van der Waals surface area contributed by atoms with Crippen molar-refractivity contribution in [2.24, 2.45) is 22.9 Å². The second kappa shape index (κ2) is 23.8. The van der Waals surface area contributed by atoms with Gasteiger partial charge in [-0.3, -0.25) is 20.2 Å². The fourth-order valence-corrected chi connectivity index (χ4v) is 10.9. The molecule has 16 heteroatoms. The van der Waals surface area contributed by atoms with E-state index in [1.807, 2.05) is 48.5 Å². The van der Waals surface area contributed by atoms with Crippen molar-refractivity contribution in [1.29, 1.82) is 0 Å². The van der Waals surface area contributed by atoms with Gasteiger partial charge >= 0.3 is 6.09 Å². The standard InChI is InChI=1S/C57H62N4O12/c1-5-31-71-57-52(60(36-40-16-12-15-38-13-6-7-17-44(38)40)53(64)28-21-37-19-22-41(23-20-37)61(66)67)35-49(59-70-4)46-32-39(14-8-10-29-62)45(18-9-11-30-63)54(55(46)57)47-33-43(25-27-50(47)73-57)72-56(65)58-48-26-24-42(68-2)34-51(48)69-3/h5-7,12-13,15-17,19-28,32-34,39,45,52,54-55,62-63H,1,8-11,14,18,29-31,35-36H2,2-4H3,(H,58,65). The molecule has 3 aliphatic rings. The number of oxime groups is 1. The van der Waals surface area contributed by atoms with E-state index in [1.165, 1.54) is 39.5 Å². The molecule has 382 valence electrons. The fourth-order valence-electron chi connectivity index (χ4n) is 10.9. The van der Waals surface area contributed by atoms with E-state index < -0.39 is 34.7 Å². The third-order valence-corrected chi connectivity index (χ3v) is 14.1. The summed E-state index contributed by atoms with van der Waals surface area (Å²) < 4.78 is 31.5. The van der Waals surface area contributed by atoms with Crippen molar-refractivity contribution in [3.8, 4) is 23.0 Å². The number of allylic oxidation sites excluding steroid dienone is 1. The van der Waals surface area contributed by atoms with Crippen LogP contribution in [-0.4, -0.2) is 90.7 Å². The van der Waals surface area contributed by atoms with Crippen LogP contribution in [0.1, 0.15) is 67.6 Å². The first kappa shape index (κ1) is 51.8. The van der Waals surface area contributed by atoms with Crippen LogP contribution < -0.4 is 24.3 Å². The molecule has 0 bridgehead atoms. The van der Waals surface area contributed by atoms with Crippen molar-refractivity contribution >= 4 is 45.9 Å². The van der Waals surface area contributed by atoms with Gasteiger partial charge in [0, 0.05) is 61.9 Å². The van der Waals surface area contributed by atoms with Crippen molar-refractivity contribution in [2.45, 2.75) is 69.2 Å². The van der Waals surface area contributed by atoms with Crippen molar-refractivity contribution in [3.05, 3.63) is 160 Å². The number of anilines is 1. The molecule has 8 rings (SSSR count). The van der Waals surface area contributed by atoms with E-state index in [-0.39, 0.29) is 62.0 Å². The number of ether oxygens (including phenoxy) is 5. The first-order valence-electron chi connectivity index (χ1n) is 24.6. The van der Waals surface area contributed by atoms with Crippen LogP contribution >= 0.6 is 0 Å². The molecule has 2 aliphatic carbocycles. The highest BCUT2D eigenvalue weighted by atomic mass is 16.7. The van der Waals surface area contributed by atoms with Crippen LogP contribution in [0, 0.1) is 27.9 Å². The Bertz CT molecular complexity index is 2880. The summed E-state index contributed by atoms with van der Waals surface area (Å²) >= 11 is 0. The van der Waals surface area contributed by atoms with Crippen LogP contribution in [0.15, 0.2) is 139 Å². The zero-order chi connectivity index (χ0) is 51.5. The Morgan fingerprint density at radius 3 is 2.40 bits per heavy atom. The summed E-state index contributed by atoms with van der Waals surface area (Å²) in [5.41, 5.74) is 3.94. The second-order valence-corrected chi connectivity index (χ2v) is 18.3. The molecule has 0 radical (unpaired) electrons. The summed E-state index contributed by atoms with van der Waals surface area (Å²) in [6.45, 7) is 4.27. The number of nitro benzene ring substituents is 1. The summed E-state index contributed by atoms with van der Waals surface area (Å²) in [6.07, 6.45) is 10.4. The highest BCUT2D eigenvalue weighted by Crippen LogP contribution is 2.62. The molecule has 6 unspecified atom stereocenters. The number of nitrogens with zero attached hydrogens (tertiary/aromatic N) is 3. The quantitative estimate of drug-likeness (QED) is 0.0195. The number of nitrogens with one attached hydrogen (secondary N) is 1. The third kappa shape index (κ3) is 11.3. The van der Waals surface area contributed by atoms with Gasteiger partial charge in [0.05, 0.1) is 43.1 Å². The largest absolute Gasteiger partial charge is 0.497 e. The molecule has 1 heterocycles. The Labute approximate surface area is 424 Å². The molecule has 1 saturated carbocycles. The lowest BCUT2D eigenvalue weighted by Gasteiger charge is -2.60. The monoisotopic (exact) mass is 994 g/mol. The van der Waals surface area contributed by atoms with Gasteiger partial charge < -0.3 is 43.6 Å². The van der Waals surface area contributed by atoms with Gasteiger partial charge in [-0.05, 0) is 114 Å². The highest BCUT2D eigenvalue weighted by Gasteiger charge is 2.65. The van der Waals surface area contributed by atoms with Crippen LogP contribution in [0.5, 0.6) is 23.0 Å². The van der Waals surface area contributed by atoms with Gasteiger partial charge in [0.15, 0.2) is 0 Å². The minimum atomic E-state index is -1.60. The normalized spacial score (nSPS) is 21.3. The predicted octanol–water partition coefficient (Wildman–Crippen LogP) is 10.4. The number of nitro groups is 1. The van der Waals surface area contributed by atoms with Crippen LogP contribution in [0.2, 0.25) is 0 Å². The van der Waals surface area contributed by atoms with Crippen molar-refractivity contribution in [3.63, 3.8) is 0 Å². The number of methoxy groups -OCH3 is 2. The van der Waals surface area contributed by atoms with Gasteiger partial charge in [-0.15, -0.1) is 6.58 Å². The zero-order valence-corrected chi connectivity index (χ0v) is 41.3. The maximum absolute atomic E-state index is 15.4. The Balaban J connectivity index is 1.30. The fraction of sp³-hybridized carbons (Fsp3) is 0.351. The molecule has 73 heavy (non-hydrogen) atoms. The highest BCUT2D eigenvalue weighted by molar-refractivity contribution is 6.03. The number of fused-ring (bicyclic) bond motifs is 3. The van der Waals surface area contributed by atoms with Gasteiger partial charge in [0.25, 0.3) is 5.69 Å². The van der Waals surface area contributed by atoms with Crippen LogP contribution in [0.4, 0.5) is 16.2 Å². The average Bonchev–Trinajstić information content (AvgIpc) is 3.41. The first-order chi connectivity index (χ1) is 35.6. The van der Waals surface area contributed by atoms with E-state index in [2.05, 4.69) is 18.0 Å². The summed E-state index contributed by atoms with van der Waals surface area (Å²) in [7, 11) is 4.52. The minimum absolute atomic E-state index is 0.0145. The second-order valence-electron chi connectivity index (χ2n) is 18.3. The van der Waals surface area contributed by atoms with Gasteiger partial charge in [-0.25, -0.2) is 4.79 Å². The molecule has 1 fully saturated rings. The van der Waals surface area contributed by atoms with Crippen LogP contribution in [0.25, 0.3) is 16.8 Å². The molecule has 16 nitrogen and oxygen atoms in total. The molecule has 6 atom stereocenters. The van der Waals surface area contributed by atoms with E-state index in [1.54, 1.807) is 59.5 Å². The first-order valence-corrected chi connectivity index (χ1v) is 24.6. The van der Waals surface area contributed by atoms with Crippen molar-refractivity contribution in [2.75, 3.05) is 46.5 Å². The molecule has 3 N–H and O–H groups in total. The van der Waals surface area contributed by atoms with E-state index in [9.17, 15) is 25.1 Å². The number of amides is 2. The molecule has 5 aromatic rings. The Morgan fingerprint density at radius 1 is 0.918 bits per heavy atom. The minimum Gasteiger partial charge on any atom is -0.497 e. The number of hydrogen-bond donors (Lipinski definition) is 3. The number of aliphatic hydroxyl groups is 2. The molecular formula is C57H62N4O12. The van der Waals surface area contributed by atoms with Crippen molar-refractivity contribution in [1.82, 2.24) is 4.90 Å². The number of carbonyl (C=O) groups excluding carboxylic acids is 2. The number of carbonyl (C=O) groups is 2. The molecule has 0 saturated heterocycles. The lowest BCUT2D eigenvalue weighted by molar-refractivity contribution is -0.384. The molecule has 5 aromatic carbocycles. The maximum Gasteiger partial charge on any atom is 0.417 e.